The molecule has 0 saturated carbocycles. The van der Waals surface area contributed by atoms with Crippen LogP contribution in [0.5, 0.6) is 0 Å². The number of para-hydroxylation sites is 1. The summed E-state index contributed by atoms with van der Waals surface area (Å²) in [6.45, 7) is 0.317. The van der Waals surface area contributed by atoms with Crippen molar-refractivity contribution in [1.82, 2.24) is 19.6 Å². The summed E-state index contributed by atoms with van der Waals surface area (Å²) >= 11 is 0. The van der Waals surface area contributed by atoms with Crippen LogP contribution in [-0.4, -0.2) is 19.6 Å². The van der Waals surface area contributed by atoms with Crippen LogP contribution in [0.2, 0.25) is 0 Å². The van der Waals surface area contributed by atoms with E-state index in [1.807, 2.05) is 36.4 Å². The first kappa shape index (κ1) is 12.8. The zero-order valence-corrected chi connectivity index (χ0v) is 11.0. The third-order valence-electron chi connectivity index (χ3n) is 3.02. The van der Waals surface area contributed by atoms with Crippen molar-refractivity contribution in [2.75, 3.05) is 0 Å². The predicted octanol–water partition coefficient (Wildman–Crippen LogP) is 1.35. The van der Waals surface area contributed by atoms with Gasteiger partial charge >= 0.3 is 0 Å². The standard InChI is InChI=1S/C15H11N5O/c16-9-12-6-7-19(15(21)8-12)10-13-11-20(18-17-13)14-4-2-1-3-5-14/h1-8,11H,10H2. The summed E-state index contributed by atoms with van der Waals surface area (Å²) < 4.78 is 3.14. The Bertz CT molecular complexity index is 858. The molecule has 2 heterocycles. The lowest BCUT2D eigenvalue weighted by molar-refractivity contribution is 0.730. The predicted molar refractivity (Wildman–Crippen MR) is 75.9 cm³/mol. The summed E-state index contributed by atoms with van der Waals surface area (Å²) in [5.41, 5.74) is 1.70. The molecule has 1 aromatic carbocycles. The molecule has 3 aromatic rings. The van der Waals surface area contributed by atoms with Crippen LogP contribution in [0.15, 0.2) is 59.7 Å². The van der Waals surface area contributed by atoms with Crippen LogP contribution < -0.4 is 5.56 Å². The van der Waals surface area contributed by atoms with Crippen LogP contribution in [-0.2, 0) is 6.54 Å². The second kappa shape index (κ2) is 5.43. The minimum Gasteiger partial charge on any atom is -0.309 e. The zero-order valence-electron chi connectivity index (χ0n) is 11.0. The second-order valence-corrected chi connectivity index (χ2v) is 4.48. The first-order valence-corrected chi connectivity index (χ1v) is 6.33. The normalized spacial score (nSPS) is 10.2. The highest BCUT2D eigenvalue weighted by Crippen LogP contribution is 2.06. The fourth-order valence-corrected chi connectivity index (χ4v) is 1.96. The lowest BCUT2D eigenvalue weighted by Gasteiger charge is -2.01. The summed E-state index contributed by atoms with van der Waals surface area (Å²) in [6, 6.07) is 14.5. The maximum atomic E-state index is 11.8. The van der Waals surface area contributed by atoms with Gasteiger partial charge < -0.3 is 4.57 Å². The van der Waals surface area contributed by atoms with E-state index in [0.717, 1.165) is 5.69 Å². The van der Waals surface area contributed by atoms with Gasteiger partial charge in [-0.1, -0.05) is 23.4 Å². The average molecular weight is 277 g/mol. The average Bonchev–Trinajstić information content (AvgIpc) is 2.99. The molecule has 0 amide bonds. The van der Waals surface area contributed by atoms with Crippen molar-refractivity contribution in [3.05, 3.63) is 76.5 Å². The minimum absolute atomic E-state index is 0.233. The summed E-state index contributed by atoms with van der Waals surface area (Å²) in [6.07, 6.45) is 3.36. The van der Waals surface area contributed by atoms with Crippen molar-refractivity contribution in [1.29, 1.82) is 5.26 Å². The highest BCUT2D eigenvalue weighted by atomic mass is 16.1. The number of hydrogen-bond acceptors (Lipinski definition) is 4. The van der Waals surface area contributed by atoms with E-state index in [1.165, 1.54) is 10.6 Å². The van der Waals surface area contributed by atoms with Crippen LogP contribution in [0.1, 0.15) is 11.3 Å². The highest BCUT2D eigenvalue weighted by molar-refractivity contribution is 5.30. The van der Waals surface area contributed by atoms with Crippen LogP contribution in [0.3, 0.4) is 0 Å². The fraction of sp³-hybridized carbons (Fsp3) is 0.0667. The number of pyridine rings is 1. The molecule has 0 aliphatic carbocycles. The second-order valence-electron chi connectivity index (χ2n) is 4.48. The Morgan fingerprint density at radius 2 is 2.00 bits per heavy atom. The molecule has 0 radical (unpaired) electrons. The molecule has 0 N–H and O–H groups in total. The van der Waals surface area contributed by atoms with Gasteiger partial charge in [-0.15, -0.1) is 5.10 Å². The molecular weight excluding hydrogens is 266 g/mol. The molecule has 6 heteroatoms. The van der Waals surface area contributed by atoms with Gasteiger partial charge in [-0.25, -0.2) is 4.68 Å². The van der Waals surface area contributed by atoms with Gasteiger partial charge in [0.05, 0.1) is 30.1 Å². The molecule has 0 aliphatic heterocycles. The van der Waals surface area contributed by atoms with Crippen LogP contribution in [0.25, 0.3) is 5.69 Å². The van der Waals surface area contributed by atoms with E-state index < -0.39 is 0 Å². The number of benzene rings is 1. The number of rotatable bonds is 3. The third kappa shape index (κ3) is 2.72. The van der Waals surface area contributed by atoms with E-state index in [1.54, 1.807) is 23.1 Å². The molecule has 3 rings (SSSR count). The summed E-state index contributed by atoms with van der Waals surface area (Å²) in [5, 5.41) is 16.9. The Morgan fingerprint density at radius 3 is 2.71 bits per heavy atom. The largest absolute Gasteiger partial charge is 0.309 e. The molecule has 102 valence electrons. The quantitative estimate of drug-likeness (QED) is 0.724. The van der Waals surface area contributed by atoms with E-state index >= 15 is 0 Å². The number of hydrogen-bond donors (Lipinski definition) is 0. The molecule has 0 fully saturated rings. The molecule has 0 unspecified atom stereocenters. The SMILES string of the molecule is N#Cc1ccn(Cc2cn(-c3ccccc3)nn2)c(=O)c1. The molecule has 21 heavy (non-hydrogen) atoms. The Kier molecular flexibility index (Phi) is 3.31. The van der Waals surface area contributed by atoms with Gasteiger partial charge in [0.2, 0.25) is 0 Å². The van der Waals surface area contributed by atoms with Crippen LogP contribution in [0.4, 0.5) is 0 Å². The Morgan fingerprint density at radius 1 is 1.19 bits per heavy atom. The first-order chi connectivity index (χ1) is 10.3. The van der Waals surface area contributed by atoms with Crippen molar-refractivity contribution in [3.63, 3.8) is 0 Å². The van der Waals surface area contributed by atoms with Gasteiger partial charge in [0.1, 0.15) is 5.69 Å². The van der Waals surface area contributed by atoms with E-state index in [0.29, 0.717) is 17.8 Å². The Labute approximate surface area is 120 Å². The molecule has 0 bridgehead atoms. The smallest absolute Gasteiger partial charge is 0.252 e. The summed E-state index contributed by atoms with van der Waals surface area (Å²) in [7, 11) is 0. The maximum absolute atomic E-state index is 11.8. The van der Waals surface area contributed by atoms with Crippen molar-refractivity contribution in [2.45, 2.75) is 6.54 Å². The van der Waals surface area contributed by atoms with Crippen molar-refractivity contribution in [2.24, 2.45) is 0 Å². The molecule has 0 spiro atoms. The topological polar surface area (TPSA) is 76.5 Å². The molecular formula is C15H11N5O. The van der Waals surface area contributed by atoms with Crippen molar-refractivity contribution < 1.29 is 0 Å². The summed E-state index contributed by atoms with van der Waals surface area (Å²) in [4.78, 5) is 11.8. The molecule has 0 aliphatic rings. The van der Waals surface area contributed by atoms with Gasteiger partial charge in [-0.05, 0) is 18.2 Å². The molecule has 0 saturated heterocycles. The Balaban J connectivity index is 1.85. The van der Waals surface area contributed by atoms with Crippen LogP contribution in [0, 0.1) is 11.3 Å². The lowest BCUT2D eigenvalue weighted by atomic mass is 10.3. The van der Waals surface area contributed by atoms with E-state index in [4.69, 9.17) is 5.26 Å². The molecule has 2 aromatic heterocycles. The monoisotopic (exact) mass is 277 g/mol. The number of nitrogens with zero attached hydrogens (tertiary/aromatic N) is 5. The van der Waals surface area contributed by atoms with Gasteiger partial charge in [-0.2, -0.15) is 5.26 Å². The van der Waals surface area contributed by atoms with Gasteiger partial charge in [0.15, 0.2) is 0 Å². The lowest BCUT2D eigenvalue weighted by Crippen LogP contribution is -2.19. The number of aromatic nitrogens is 4. The van der Waals surface area contributed by atoms with Gasteiger partial charge in [0, 0.05) is 12.3 Å². The van der Waals surface area contributed by atoms with Crippen molar-refractivity contribution in [3.8, 4) is 11.8 Å². The first-order valence-electron chi connectivity index (χ1n) is 6.33. The zero-order chi connectivity index (χ0) is 14.7. The maximum Gasteiger partial charge on any atom is 0.252 e. The minimum atomic E-state index is -0.233. The Hall–Kier alpha value is -3.20. The van der Waals surface area contributed by atoms with Gasteiger partial charge in [-0.3, -0.25) is 4.79 Å². The van der Waals surface area contributed by atoms with Crippen molar-refractivity contribution >= 4 is 0 Å². The fourth-order valence-electron chi connectivity index (χ4n) is 1.96. The molecule has 6 nitrogen and oxygen atoms in total. The van der Waals surface area contributed by atoms with E-state index in [2.05, 4.69) is 10.3 Å². The number of nitriles is 1. The third-order valence-corrected chi connectivity index (χ3v) is 3.02. The van der Waals surface area contributed by atoms with E-state index in [9.17, 15) is 4.79 Å². The van der Waals surface area contributed by atoms with Crippen LogP contribution >= 0.6 is 0 Å². The van der Waals surface area contributed by atoms with Gasteiger partial charge in [0.25, 0.3) is 5.56 Å². The highest BCUT2D eigenvalue weighted by Gasteiger charge is 2.05. The molecule has 0 atom stereocenters. The summed E-state index contributed by atoms with van der Waals surface area (Å²) in [5.74, 6) is 0. The van der Waals surface area contributed by atoms with E-state index in [-0.39, 0.29) is 5.56 Å².